The molecular formula is C16H28IN5O. The molecule has 0 aromatic carbocycles. The van der Waals surface area contributed by atoms with Crippen LogP contribution in [0.15, 0.2) is 4.99 Å². The van der Waals surface area contributed by atoms with Gasteiger partial charge in [-0.1, -0.05) is 0 Å². The topological polar surface area (TPSA) is 63.5 Å². The Morgan fingerprint density at radius 3 is 2.70 bits per heavy atom. The molecule has 7 heteroatoms. The van der Waals surface area contributed by atoms with Crippen molar-refractivity contribution in [2.75, 3.05) is 6.54 Å². The molecule has 2 fully saturated rings. The maximum absolute atomic E-state index is 5.91. The van der Waals surface area contributed by atoms with Gasteiger partial charge in [-0.2, -0.15) is 5.10 Å². The van der Waals surface area contributed by atoms with Gasteiger partial charge < -0.3 is 15.4 Å². The van der Waals surface area contributed by atoms with Crippen molar-refractivity contribution in [1.29, 1.82) is 0 Å². The molecule has 1 aromatic rings. The van der Waals surface area contributed by atoms with Gasteiger partial charge >= 0.3 is 0 Å². The van der Waals surface area contributed by atoms with Crippen molar-refractivity contribution in [1.82, 2.24) is 20.4 Å². The summed E-state index contributed by atoms with van der Waals surface area (Å²) in [6.07, 6.45) is 4.29. The number of hydrogen-bond donors (Lipinski definition) is 2. The Bertz CT molecular complexity index is 571. The number of nitrogens with zero attached hydrogens (tertiary/aromatic N) is 3. The number of halogens is 1. The van der Waals surface area contributed by atoms with Crippen molar-refractivity contribution >= 4 is 29.9 Å². The number of nitrogens with one attached hydrogen (secondary N) is 2. The molecule has 0 aliphatic carbocycles. The Morgan fingerprint density at radius 1 is 1.39 bits per heavy atom. The Labute approximate surface area is 155 Å². The lowest BCUT2D eigenvalue weighted by molar-refractivity contribution is 0.0992. The summed E-state index contributed by atoms with van der Waals surface area (Å²) in [6, 6.07) is 0.396. The molecule has 0 spiro atoms. The predicted molar refractivity (Wildman–Crippen MR) is 102 cm³/mol. The zero-order valence-corrected chi connectivity index (χ0v) is 16.8. The van der Waals surface area contributed by atoms with Crippen LogP contribution < -0.4 is 10.6 Å². The molecule has 3 rings (SSSR count). The SMILES string of the molecule is CCNC(=NCc1c(C)nn(C)c1C)NC1CC2CCC1O2.I. The third-order valence-electron chi connectivity index (χ3n) is 4.83. The van der Waals surface area contributed by atoms with E-state index in [1.54, 1.807) is 0 Å². The third kappa shape index (κ3) is 3.99. The second kappa shape index (κ2) is 7.83. The van der Waals surface area contributed by atoms with Gasteiger partial charge in [-0.15, -0.1) is 24.0 Å². The maximum atomic E-state index is 5.91. The van der Waals surface area contributed by atoms with Gasteiger partial charge in [0.15, 0.2) is 5.96 Å². The van der Waals surface area contributed by atoms with Crippen molar-refractivity contribution in [3.63, 3.8) is 0 Å². The van der Waals surface area contributed by atoms with E-state index in [9.17, 15) is 0 Å². The molecule has 23 heavy (non-hydrogen) atoms. The van der Waals surface area contributed by atoms with E-state index in [0.717, 1.165) is 24.6 Å². The Balaban J connectivity index is 0.00000192. The lowest BCUT2D eigenvalue weighted by Crippen LogP contribution is -2.47. The fourth-order valence-electron chi connectivity index (χ4n) is 3.49. The maximum Gasteiger partial charge on any atom is 0.191 e. The lowest BCUT2D eigenvalue weighted by atomic mass is 9.96. The van der Waals surface area contributed by atoms with Gasteiger partial charge in [-0.3, -0.25) is 4.68 Å². The number of fused-ring (bicyclic) bond motifs is 2. The van der Waals surface area contributed by atoms with Crippen LogP contribution in [0.25, 0.3) is 0 Å². The highest BCUT2D eigenvalue weighted by Gasteiger charge is 2.41. The fourth-order valence-corrected chi connectivity index (χ4v) is 3.49. The number of aromatic nitrogens is 2. The largest absolute Gasteiger partial charge is 0.373 e. The minimum atomic E-state index is 0. The number of hydrogen-bond acceptors (Lipinski definition) is 3. The summed E-state index contributed by atoms with van der Waals surface area (Å²) < 4.78 is 7.83. The van der Waals surface area contributed by atoms with E-state index in [2.05, 4.69) is 29.6 Å². The summed E-state index contributed by atoms with van der Waals surface area (Å²) in [6.45, 7) is 7.74. The third-order valence-corrected chi connectivity index (χ3v) is 4.83. The molecule has 2 aliphatic rings. The molecule has 2 N–H and O–H groups in total. The van der Waals surface area contributed by atoms with Gasteiger partial charge in [0.25, 0.3) is 0 Å². The number of guanidine groups is 1. The molecule has 2 saturated heterocycles. The zero-order valence-electron chi connectivity index (χ0n) is 14.4. The fraction of sp³-hybridized carbons (Fsp3) is 0.750. The zero-order chi connectivity index (χ0) is 15.7. The lowest BCUT2D eigenvalue weighted by Gasteiger charge is -2.22. The van der Waals surface area contributed by atoms with E-state index in [1.807, 2.05) is 18.7 Å². The Kier molecular flexibility index (Phi) is 6.30. The van der Waals surface area contributed by atoms with E-state index in [1.165, 1.54) is 24.1 Å². The molecule has 1 aromatic heterocycles. The monoisotopic (exact) mass is 433 g/mol. The second-order valence-corrected chi connectivity index (χ2v) is 6.33. The van der Waals surface area contributed by atoms with Gasteiger partial charge in [0.1, 0.15) is 0 Å². The highest BCUT2D eigenvalue weighted by atomic mass is 127. The van der Waals surface area contributed by atoms with Gasteiger partial charge in [-0.05, 0) is 40.0 Å². The molecule has 2 bridgehead atoms. The van der Waals surface area contributed by atoms with E-state index < -0.39 is 0 Å². The number of ether oxygens (including phenoxy) is 1. The van der Waals surface area contributed by atoms with Gasteiger partial charge in [-0.25, -0.2) is 4.99 Å². The van der Waals surface area contributed by atoms with Crippen molar-refractivity contribution in [2.45, 2.75) is 64.8 Å². The molecule has 0 amide bonds. The first-order valence-corrected chi connectivity index (χ1v) is 8.27. The molecule has 0 saturated carbocycles. The predicted octanol–water partition coefficient (Wildman–Crippen LogP) is 2.03. The van der Waals surface area contributed by atoms with Crippen LogP contribution in [-0.4, -0.2) is 40.5 Å². The second-order valence-electron chi connectivity index (χ2n) is 6.33. The normalized spacial score (nSPS) is 26.3. The van der Waals surface area contributed by atoms with E-state index in [4.69, 9.17) is 9.73 Å². The van der Waals surface area contributed by atoms with Crippen LogP contribution in [-0.2, 0) is 18.3 Å². The van der Waals surface area contributed by atoms with Crippen LogP contribution in [0, 0.1) is 13.8 Å². The first-order valence-electron chi connectivity index (χ1n) is 8.27. The smallest absolute Gasteiger partial charge is 0.191 e. The minimum Gasteiger partial charge on any atom is -0.373 e. The summed E-state index contributed by atoms with van der Waals surface area (Å²) in [7, 11) is 1.98. The van der Waals surface area contributed by atoms with Gasteiger partial charge in [0.05, 0.1) is 30.5 Å². The number of aryl methyl sites for hydroxylation is 2. The average molecular weight is 433 g/mol. The van der Waals surface area contributed by atoms with Crippen LogP contribution in [0.1, 0.15) is 43.1 Å². The summed E-state index contributed by atoms with van der Waals surface area (Å²) in [5, 5.41) is 11.3. The summed E-state index contributed by atoms with van der Waals surface area (Å²) >= 11 is 0. The van der Waals surface area contributed by atoms with Crippen LogP contribution in [0.3, 0.4) is 0 Å². The van der Waals surface area contributed by atoms with Crippen molar-refractivity contribution in [3.8, 4) is 0 Å². The Hall–Kier alpha value is -0.830. The first kappa shape index (κ1) is 18.5. The van der Waals surface area contributed by atoms with E-state index in [0.29, 0.717) is 24.8 Å². The number of rotatable bonds is 4. The quantitative estimate of drug-likeness (QED) is 0.434. The van der Waals surface area contributed by atoms with Gasteiger partial charge in [0.2, 0.25) is 0 Å². The van der Waals surface area contributed by atoms with Crippen LogP contribution in [0.4, 0.5) is 0 Å². The standard InChI is InChI=1S/C16H27N5O.HI/c1-5-17-16(19-14-8-12-6-7-15(14)22-12)18-9-13-10(2)20-21(4)11(13)3;/h12,14-15H,5-9H2,1-4H3,(H2,17,18,19);1H. The molecule has 3 heterocycles. The Morgan fingerprint density at radius 2 is 2.17 bits per heavy atom. The van der Waals surface area contributed by atoms with Crippen LogP contribution in [0.5, 0.6) is 0 Å². The molecule has 3 unspecified atom stereocenters. The first-order chi connectivity index (χ1) is 10.6. The highest BCUT2D eigenvalue weighted by Crippen LogP contribution is 2.34. The molecule has 6 nitrogen and oxygen atoms in total. The molecule has 130 valence electrons. The molecular weight excluding hydrogens is 405 g/mol. The summed E-state index contributed by atoms with van der Waals surface area (Å²) in [5.74, 6) is 0.881. The van der Waals surface area contributed by atoms with Crippen molar-refractivity contribution in [2.24, 2.45) is 12.0 Å². The summed E-state index contributed by atoms with van der Waals surface area (Å²) in [5.41, 5.74) is 3.45. The van der Waals surface area contributed by atoms with Crippen molar-refractivity contribution < 1.29 is 4.74 Å². The highest BCUT2D eigenvalue weighted by molar-refractivity contribution is 14.0. The minimum absolute atomic E-state index is 0. The van der Waals surface area contributed by atoms with Crippen LogP contribution in [0.2, 0.25) is 0 Å². The molecule has 3 atom stereocenters. The average Bonchev–Trinajstić information content (AvgIpc) is 3.14. The molecule has 0 radical (unpaired) electrons. The van der Waals surface area contributed by atoms with E-state index >= 15 is 0 Å². The number of aliphatic imine (C=N–C) groups is 1. The van der Waals surface area contributed by atoms with Gasteiger partial charge in [0, 0.05) is 24.8 Å². The van der Waals surface area contributed by atoms with E-state index in [-0.39, 0.29) is 24.0 Å². The van der Waals surface area contributed by atoms with Crippen molar-refractivity contribution in [3.05, 3.63) is 17.0 Å². The van der Waals surface area contributed by atoms with Crippen LogP contribution >= 0.6 is 24.0 Å². The molecule has 2 aliphatic heterocycles. The summed E-state index contributed by atoms with van der Waals surface area (Å²) in [4.78, 5) is 4.75.